The summed E-state index contributed by atoms with van der Waals surface area (Å²) >= 11 is 3.44. The molecule has 0 amide bonds. The molecule has 0 aliphatic rings. The number of benzene rings is 1. The van der Waals surface area contributed by atoms with Crippen LogP contribution >= 0.6 is 40.7 Å². The predicted molar refractivity (Wildman–Crippen MR) is 101 cm³/mol. The van der Waals surface area contributed by atoms with Crippen LogP contribution in [-0.2, 0) is 6.54 Å². The van der Waals surface area contributed by atoms with E-state index in [4.69, 9.17) is 4.42 Å². The Hall–Kier alpha value is -0.520. The molecule has 1 aromatic heterocycles. The van der Waals surface area contributed by atoms with Crippen molar-refractivity contribution in [2.24, 2.45) is 0 Å². The number of furan rings is 1. The lowest BCUT2D eigenvalue weighted by molar-refractivity contribution is 0.488. The molecule has 0 fully saturated rings. The van der Waals surface area contributed by atoms with E-state index in [1.165, 1.54) is 0 Å². The molecule has 0 saturated heterocycles. The van der Waals surface area contributed by atoms with E-state index in [2.05, 4.69) is 45.6 Å². The maximum Gasteiger partial charge on any atom is 0.134 e. The zero-order valence-corrected chi connectivity index (χ0v) is 15.8. The van der Waals surface area contributed by atoms with Crippen LogP contribution in [0.2, 0.25) is 0 Å². The fourth-order valence-corrected chi connectivity index (χ4v) is 2.23. The van der Waals surface area contributed by atoms with Gasteiger partial charge in [-0.15, -0.1) is 24.8 Å². The lowest BCUT2D eigenvalue weighted by atomic mass is 10.2. The molecule has 2 N–H and O–H groups in total. The van der Waals surface area contributed by atoms with Crippen molar-refractivity contribution < 1.29 is 4.42 Å². The number of hydrogen-bond acceptors (Lipinski definition) is 3. The van der Waals surface area contributed by atoms with Crippen molar-refractivity contribution in [2.45, 2.75) is 19.9 Å². The molecule has 3 nitrogen and oxygen atoms in total. The average Bonchev–Trinajstić information content (AvgIpc) is 2.92. The van der Waals surface area contributed by atoms with Crippen LogP contribution in [0.5, 0.6) is 0 Å². The minimum atomic E-state index is 0. The van der Waals surface area contributed by atoms with Gasteiger partial charge in [0.25, 0.3) is 0 Å². The van der Waals surface area contributed by atoms with Gasteiger partial charge < -0.3 is 15.1 Å². The van der Waals surface area contributed by atoms with Crippen molar-refractivity contribution >= 4 is 40.7 Å². The fraction of sp³-hybridized carbons (Fsp3) is 0.375. The second-order valence-electron chi connectivity index (χ2n) is 4.66. The van der Waals surface area contributed by atoms with E-state index >= 15 is 0 Å². The third-order valence-electron chi connectivity index (χ3n) is 3.05. The Morgan fingerprint density at radius 2 is 1.64 bits per heavy atom. The summed E-state index contributed by atoms with van der Waals surface area (Å²) in [6, 6.07) is 12.2. The highest BCUT2D eigenvalue weighted by Crippen LogP contribution is 2.23. The van der Waals surface area contributed by atoms with Gasteiger partial charge in [-0.05, 0) is 50.3 Å². The maximum absolute atomic E-state index is 5.84. The van der Waals surface area contributed by atoms with E-state index < -0.39 is 0 Å². The molecule has 0 bridgehead atoms. The molecule has 0 unspecified atom stereocenters. The van der Waals surface area contributed by atoms with Gasteiger partial charge in [-0.3, -0.25) is 0 Å². The minimum Gasteiger partial charge on any atom is -0.460 e. The highest BCUT2D eigenvalue weighted by atomic mass is 79.9. The van der Waals surface area contributed by atoms with Gasteiger partial charge >= 0.3 is 0 Å². The third-order valence-corrected chi connectivity index (χ3v) is 3.58. The molecular formula is C16H23BrCl2N2O. The molecule has 22 heavy (non-hydrogen) atoms. The van der Waals surface area contributed by atoms with Crippen molar-refractivity contribution in [3.05, 3.63) is 46.6 Å². The van der Waals surface area contributed by atoms with Gasteiger partial charge in [0.05, 0.1) is 6.54 Å². The van der Waals surface area contributed by atoms with Crippen molar-refractivity contribution in [2.75, 3.05) is 19.6 Å². The Kier molecular flexibility index (Phi) is 11.7. The van der Waals surface area contributed by atoms with Gasteiger partial charge in [-0.1, -0.05) is 35.0 Å². The second-order valence-corrected chi connectivity index (χ2v) is 5.57. The predicted octanol–water partition coefficient (Wildman–Crippen LogP) is 4.64. The molecule has 1 aromatic carbocycles. The van der Waals surface area contributed by atoms with E-state index in [1.807, 2.05) is 24.3 Å². The molecule has 0 spiro atoms. The minimum absolute atomic E-state index is 0. The summed E-state index contributed by atoms with van der Waals surface area (Å²) in [5.74, 6) is 1.90. The molecule has 0 aliphatic heterocycles. The first-order valence-electron chi connectivity index (χ1n) is 7.05. The summed E-state index contributed by atoms with van der Waals surface area (Å²) in [5, 5.41) is 6.70. The molecule has 6 heteroatoms. The monoisotopic (exact) mass is 408 g/mol. The number of nitrogens with one attached hydrogen (secondary N) is 2. The third kappa shape index (κ3) is 7.16. The van der Waals surface area contributed by atoms with Crippen molar-refractivity contribution in [3.63, 3.8) is 0 Å². The molecule has 0 atom stereocenters. The highest BCUT2D eigenvalue weighted by Gasteiger charge is 2.04. The fourth-order valence-electron chi connectivity index (χ4n) is 1.97. The van der Waals surface area contributed by atoms with Crippen molar-refractivity contribution in [1.82, 2.24) is 10.6 Å². The number of hydrogen-bond donors (Lipinski definition) is 2. The quantitative estimate of drug-likeness (QED) is 0.623. The van der Waals surface area contributed by atoms with E-state index in [0.29, 0.717) is 0 Å². The molecule has 0 aliphatic carbocycles. The van der Waals surface area contributed by atoms with Crippen molar-refractivity contribution in [1.29, 1.82) is 0 Å². The first-order valence-corrected chi connectivity index (χ1v) is 7.85. The van der Waals surface area contributed by atoms with Gasteiger partial charge in [-0.2, -0.15) is 0 Å². The maximum atomic E-state index is 5.84. The smallest absolute Gasteiger partial charge is 0.134 e. The summed E-state index contributed by atoms with van der Waals surface area (Å²) in [7, 11) is 0. The molecule has 124 valence electrons. The van der Waals surface area contributed by atoms with Gasteiger partial charge in [-0.25, -0.2) is 0 Å². The summed E-state index contributed by atoms with van der Waals surface area (Å²) in [6.45, 7) is 6.00. The first kappa shape index (κ1) is 21.5. The van der Waals surface area contributed by atoms with E-state index in [0.717, 1.165) is 54.2 Å². The normalized spacial score (nSPS) is 9.91. The van der Waals surface area contributed by atoms with Crippen LogP contribution in [-0.4, -0.2) is 19.6 Å². The van der Waals surface area contributed by atoms with Gasteiger partial charge in [0.1, 0.15) is 11.5 Å². The Balaban J connectivity index is 0.00000220. The molecule has 1 heterocycles. The van der Waals surface area contributed by atoms with Crippen LogP contribution in [0.4, 0.5) is 0 Å². The van der Waals surface area contributed by atoms with Crippen LogP contribution in [0.1, 0.15) is 19.1 Å². The van der Waals surface area contributed by atoms with Crippen LogP contribution in [0.25, 0.3) is 11.3 Å². The van der Waals surface area contributed by atoms with E-state index in [-0.39, 0.29) is 24.8 Å². The van der Waals surface area contributed by atoms with Crippen LogP contribution < -0.4 is 10.6 Å². The van der Waals surface area contributed by atoms with E-state index in [9.17, 15) is 0 Å². The Labute approximate surface area is 153 Å². The van der Waals surface area contributed by atoms with Gasteiger partial charge in [0.2, 0.25) is 0 Å². The first-order chi connectivity index (χ1) is 9.79. The van der Waals surface area contributed by atoms with Crippen molar-refractivity contribution in [3.8, 4) is 11.3 Å². The van der Waals surface area contributed by atoms with Crippen LogP contribution in [0.3, 0.4) is 0 Å². The highest BCUT2D eigenvalue weighted by molar-refractivity contribution is 9.10. The molecule has 2 rings (SSSR count). The zero-order valence-electron chi connectivity index (χ0n) is 12.6. The average molecular weight is 410 g/mol. The Morgan fingerprint density at radius 3 is 2.32 bits per heavy atom. The number of halogens is 3. The largest absolute Gasteiger partial charge is 0.460 e. The van der Waals surface area contributed by atoms with Crippen LogP contribution in [0.15, 0.2) is 45.3 Å². The summed E-state index contributed by atoms with van der Waals surface area (Å²) in [6.07, 6.45) is 1.13. The standard InChI is InChI=1S/C16H21BrN2O.2ClH/c1-2-18-10-3-11-19-12-15-8-9-16(20-15)13-4-6-14(17)7-5-13;;/h4-9,18-19H,2-3,10-12H2,1H3;2*1H. The zero-order chi connectivity index (χ0) is 14.2. The lowest BCUT2D eigenvalue weighted by Gasteiger charge is -2.03. The molecular weight excluding hydrogens is 387 g/mol. The topological polar surface area (TPSA) is 37.2 Å². The summed E-state index contributed by atoms with van der Waals surface area (Å²) < 4.78 is 6.92. The molecule has 2 aromatic rings. The Bertz CT molecular complexity index is 517. The van der Waals surface area contributed by atoms with Gasteiger partial charge in [0.15, 0.2) is 0 Å². The molecule has 0 radical (unpaired) electrons. The summed E-state index contributed by atoms with van der Waals surface area (Å²) in [5.41, 5.74) is 1.10. The lowest BCUT2D eigenvalue weighted by Crippen LogP contribution is -2.21. The van der Waals surface area contributed by atoms with Gasteiger partial charge in [0, 0.05) is 10.0 Å². The molecule has 0 saturated carbocycles. The van der Waals surface area contributed by atoms with Crippen LogP contribution in [0, 0.1) is 0 Å². The Morgan fingerprint density at radius 1 is 0.955 bits per heavy atom. The SMILES string of the molecule is CCNCCCNCc1ccc(-c2ccc(Br)cc2)o1.Cl.Cl. The second kappa shape index (κ2) is 12.0. The number of rotatable bonds is 8. The summed E-state index contributed by atoms with van der Waals surface area (Å²) in [4.78, 5) is 0. The van der Waals surface area contributed by atoms with E-state index in [1.54, 1.807) is 0 Å².